The fraction of sp³-hybridized carbons (Fsp3) is 0.188. The minimum absolute atomic E-state index is 0.518. The molecule has 4 nitrogen and oxygen atoms in total. The van der Waals surface area contributed by atoms with Gasteiger partial charge in [0.1, 0.15) is 6.61 Å². The Bertz CT molecular complexity index is 624. The molecule has 1 aliphatic rings. The summed E-state index contributed by atoms with van der Waals surface area (Å²) >= 11 is 0. The lowest BCUT2D eigenvalue weighted by molar-refractivity contribution is 0.284. The first kappa shape index (κ1) is 12.5. The van der Waals surface area contributed by atoms with Crippen LogP contribution in [-0.2, 0) is 13.2 Å². The topological polar surface area (TPSA) is 42.9 Å². The molecule has 20 heavy (non-hydrogen) atoms. The first-order valence-electron chi connectivity index (χ1n) is 6.49. The van der Waals surface area contributed by atoms with Gasteiger partial charge >= 0.3 is 0 Å². The predicted octanol–water partition coefficient (Wildman–Crippen LogP) is 3.23. The highest BCUT2D eigenvalue weighted by molar-refractivity contribution is 5.81. The molecule has 0 fully saturated rings. The number of rotatable bonds is 4. The molecular weight excluding hydrogens is 252 g/mol. The van der Waals surface area contributed by atoms with E-state index in [0.29, 0.717) is 13.2 Å². The molecule has 0 aliphatic carbocycles. The molecule has 1 heterocycles. The van der Waals surface area contributed by atoms with Gasteiger partial charge in [-0.05, 0) is 11.6 Å². The van der Waals surface area contributed by atoms with Crippen LogP contribution < -0.4 is 14.8 Å². The standard InChI is InChI=1S/C16H16N2O2/c1-19-15-7-13-9-17-11-18-14(13)8-16(15)20-10-12-5-3-2-4-6-12/h2-8,11H,9-10H2,1H3,(H,17,18). The largest absolute Gasteiger partial charge is 0.493 e. The molecule has 0 atom stereocenters. The maximum absolute atomic E-state index is 5.87. The van der Waals surface area contributed by atoms with Gasteiger partial charge in [-0.2, -0.15) is 0 Å². The monoisotopic (exact) mass is 268 g/mol. The van der Waals surface area contributed by atoms with Crippen molar-refractivity contribution in [3.05, 3.63) is 53.6 Å². The highest BCUT2D eigenvalue weighted by Gasteiger charge is 2.13. The third-order valence-corrected chi connectivity index (χ3v) is 3.20. The van der Waals surface area contributed by atoms with E-state index in [4.69, 9.17) is 9.47 Å². The summed E-state index contributed by atoms with van der Waals surface area (Å²) in [7, 11) is 1.65. The molecule has 0 radical (unpaired) electrons. The first-order valence-corrected chi connectivity index (χ1v) is 6.49. The number of nitrogens with zero attached hydrogens (tertiary/aromatic N) is 1. The van der Waals surface area contributed by atoms with Gasteiger partial charge in [0.05, 0.1) is 20.0 Å². The van der Waals surface area contributed by atoms with Gasteiger partial charge in [-0.25, -0.2) is 0 Å². The summed E-state index contributed by atoms with van der Waals surface area (Å²) in [5.74, 6) is 1.47. The molecule has 102 valence electrons. The lowest BCUT2D eigenvalue weighted by atomic mass is 10.1. The molecular formula is C16H16N2O2. The quantitative estimate of drug-likeness (QED) is 0.925. The molecule has 4 heteroatoms. The Labute approximate surface area is 118 Å². The molecule has 1 N–H and O–H groups in total. The minimum Gasteiger partial charge on any atom is -0.493 e. The van der Waals surface area contributed by atoms with Crippen molar-refractivity contribution < 1.29 is 9.47 Å². The number of benzene rings is 2. The summed E-state index contributed by atoms with van der Waals surface area (Å²) in [4.78, 5) is 4.18. The molecule has 0 bridgehead atoms. The smallest absolute Gasteiger partial charge is 0.163 e. The predicted molar refractivity (Wildman–Crippen MR) is 79.6 cm³/mol. The SMILES string of the molecule is COc1cc2c(cc1OCc1ccccc1)NC=NC2. The van der Waals surface area contributed by atoms with E-state index in [1.807, 2.05) is 42.5 Å². The van der Waals surface area contributed by atoms with Crippen molar-refractivity contribution in [2.75, 3.05) is 12.4 Å². The van der Waals surface area contributed by atoms with Crippen LogP contribution in [0.25, 0.3) is 0 Å². The van der Waals surface area contributed by atoms with Crippen LogP contribution in [-0.4, -0.2) is 13.4 Å². The lowest BCUT2D eigenvalue weighted by Crippen LogP contribution is -2.07. The fourth-order valence-corrected chi connectivity index (χ4v) is 2.13. The summed E-state index contributed by atoms with van der Waals surface area (Å²) in [6, 6.07) is 14.0. The van der Waals surface area contributed by atoms with Crippen LogP contribution in [0, 0.1) is 0 Å². The number of fused-ring (bicyclic) bond motifs is 1. The van der Waals surface area contributed by atoms with E-state index >= 15 is 0 Å². The Kier molecular flexibility index (Phi) is 3.54. The third kappa shape index (κ3) is 2.59. The Morgan fingerprint density at radius 2 is 2.00 bits per heavy atom. The van der Waals surface area contributed by atoms with Gasteiger partial charge in [0.15, 0.2) is 11.5 Å². The average Bonchev–Trinajstić information content (AvgIpc) is 2.53. The van der Waals surface area contributed by atoms with Gasteiger partial charge in [-0.1, -0.05) is 30.3 Å². The molecule has 0 aromatic heterocycles. The summed E-state index contributed by atoms with van der Waals surface area (Å²) in [6.07, 6.45) is 1.70. The number of anilines is 1. The Morgan fingerprint density at radius 3 is 2.80 bits per heavy atom. The van der Waals surface area contributed by atoms with E-state index in [2.05, 4.69) is 10.3 Å². The van der Waals surface area contributed by atoms with E-state index in [1.54, 1.807) is 13.4 Å². The molecule has 0 saturated carbocycles. The molecule has 2 aromatic rings. The zero-order valence-electron chi connectivity index (χ0n) is 11.3. The van der Waals surface area contributed by atoms with Gasteiger partial charge in [0, 0.05) is 17.3 Å². The van der Waals surface area contributed by atoms with Crippen LogP contribution in [0.4, 0.5) is 5.69 Å². The molecule has 0 unspecified atom stereocenters. The van der Waals surface area contributed by atoms with E-state index in [-0.39, 0.29) is 0 Å². The van der Waals surface area contributed by atoms with Crippen LogP contribution >= 0.6 is 0 Å². The minimum atomic E-state index is 0.518. The second-order valence-electron chi connectivity index (χ2n) is 4.55. The number of methoxy groups -OCH3 is 1. The Balaban J connectivity index is 1.82. The van der Waals surface area contributed by atoms with Gasteiger partial charge in [-0.3, -0.25) is 4.99 Å². The first-order chi connectivity index (χ1) is 9.86. The van der Waals surface area contributed by atoms with Gasteiger partial charge in [0.2, 0.25) is 0 Å². The maximum atomic E-state index is 5.87. The number of aliphatic imine (C=N–C) groups is 1. The number of nitrogens with one attached hydrogen (secondary N) is 1. The molecule has 0 amide bonds. The van der Waals surface area contributed by atoms with Crippen molar-refractivity contribution in [1.82, 2.24) is 0 Å². The maximum Gasteiger partial charge on any atom is 0.163 e. The normalized spacial score (nSPS) is 12.4. The van der Waals surface area contributed by atoms with Crippen LogP contribution in [0.1, 0.15) is 11.1 Å². The highest BCUT2D eigenvalue weighted by Crippen LogP contribution is 2.35. The Morgan fingerprint density at radius 1 is 1.15 bits per heavy atom. The van der Waals surface area contributed by atoms with Crippen LogP contribution in [0.2, 0.25) is 0 Å². The van der Waals surface area contributed by atoms with Crippen molar-refractivity contribution in [3.63, 3.8) is 0 Å². The summed E-state index contributed by atoms with van der Waals surface area (Å²) < 4.78 is 11.3. The summed E-state index contributed by atoms with van der Waals surface area (Å²) in [5, 5.41) is 3.13. The van der Waals surface area contributed by atoms with Crippen LogP contribution in [0.5, 0.6) is 11.5 Å². The molecule has 0 spiro atoms. The number of ether oxygens (including phenoxy) is 2. The molecule has 2 aromatic carbocycles. The van der Waals surface area contributed by atoms with Gasteiger partial charge in [0.25, 0.3) is 0 Å². The molecule has 3 rings (SSSR count). The van der Waals surface area contributed by atoms with E-state index in [0.717, 1.165) is 28.3 Å². The zero-order chi connectivity index (χ0) is 13.8. The number of hydrogen-bond donors (Lipinski definition) is 1. The summed E-state index contributed by atoms with van der Waals surface area (Å²) in [6.45, 7) is 1.18. The third-order valence-electron chi connectivity index (χ3n) is 3.20. The van der Waals surface area contributed by atoms with Crippen molar-refractivity contribution in [2.24, 2.45) is 4.99 Å². The zero-order valence-corrected chi connectivity index (χ0v) is 11.3. The number of hydrogen-bond acceptors (Lipinski definition) is 4. The van der Waals surface area contributed by atoms with Crippen molar-refractivity contribution in [3.8, 4) is 11.5 Å². The van der Waals surface area contributed by atoms with E-state index < -0.39 is 0 Å². The Hall–Kier alpha value is -2.49. The molecule has 1 aliphatic heterocycles. The van der Waals surface area contributed by atoms with Crippen molar-refractivity contribution >= 4 is 12.0 Å². The van der Waals surface area contributed by atoms with Crippen LogP contribution in [0.3, 0.4) is 0 Å². The van der Waals surface area contributed by atoms with Crippen molar-refractivity contribution in [2.45, 2.75) is 13.2 Å². The fourth-order valence-electron chi connectivity index (χ4n) is 2.13. The van der Waals surface area contributed by atoms with Gasteiger partial charge < -0.3 is 14.8 Å². The van der Waals surface area contributed by atoms with Gasteiger partial charge in [-0.15, -0.1) is 0 Å². The average molecular weight is 268 g/mol. The summed E-state index contributed by atoms with van der Waals surface area (Å²) in [5.41, 5.74) is 3.25. The molecule has 0 saturated heterocycles. The highest BCUT2D eigenvalue weighted by atomic mass is 16.5. The second kappa shape index (κ2) is 5.65. The van der Waals surface area contributed by atoms with Crippen molar-refractivity contribution in [1.29, 1.82) is 0 Å². The second-order valence-corrected chi connectivity index (χ2v) is 4.55. The van der Waals surface area contributed by atoms with E-state index in [1.165, 1.54) is 0 Å². The van der Waals surface area contributed by atoms with E-state index in [9.17, 15) is 0 Å². The lowest BCUT2D eigenvalue weighted by Gasteiger charge is -2.17. The van der Waals surface area contributed by atoms with Crippen LogP contribution in [0.15, 0.2) is 47.5 Å².